The molecule has 0 bridgehead atoms. The lowest BCUT2D eigenvalue weighted by molar-refractivity contribution is -0.274. The van der Waals surface area contributed by atoms with E-state index in [0.29, 0.717) is 6.42 Å². The molecule has 4 rings (SSSR count). The molecule has 2 heterocycles. The summed E-state index contributed by atoms with van der Waals surface area (Å²) in [4.78, 5) is 48.7. The normalized spacial score (nSPS) is 17.6. The third kappa shape index (κ3) is 10.4. The molecule has 3 aromatic rings. The van der Waals surface area contributed by atoms with Gasteiger partial charge in [0.25, 0.3) is 5.91 Å². The molecule has 1 saturated heterocycles. The first-order valence-corrected chi connectivity index (χ1v) is 16.3. The predicted octanol–water partition coefficient (Wildman–Crippen LogP) is 4.33. The number of amides is 3. The number of aryl methyl sites for hydroxylation is 1. The third-order valence-corrected chi connectivity index (χ3v) is 8.47. The van der Waals surface area contributed by atoms with Crippen LogP contribution in [0.15, 0.2) is 61.1 Å². The van der Waals surface area contributed by atoms with Crippen LogP contribution in [0.2, 0.25) is 0 Å². The number of ether oxygens (including phenoxy) is 2. The number of aromatic nitrogens is 2. The molecule has 2 N–H and O–H groups in total. The Labute approximate surface area is 288 Å². The fourth-order valence-electron chi connectivity index (χ4n) is 5.66. The number of hydrogen-bond acceptors (Lipinski definition) is 7. The highest BCUT2D eigenvalue weighted by Crippen LogP contribution is 2.30. The highest BCUT2D eigenvalue weighted by Gasteiger charge is 2.44. The fraction of sp³-hybridized carbons (Fsp3) is 0.486. The third-order valence-electron chi connectivity index (χ3n) is 8.47. The Morgan fingerprint density at radius 1 is 1.04 bits per heavy atom. The zero-order chi connectivity index (χ0) is 36.8. The summed E-state index contributed by atoms with van der Waals surface area (Å²) in [6.07, 6.45) is -1.68. The zero-order valence-electron chi connectivity index (χ0n) is 29.0. The monoisotopic (exact) mass is 704 g/mol. The first kappa shape index (κ1) is 38.1. The van der Waals surface area contributed by atoms with Crippen LogP contribution in [0.3, 0.4) is 0 Å². The highest BCUT2D eigenvalue weighted by molar-refractivity contribution is 5.92. The number of rotatable bonds is 13. The van der Waals surface area contributed by atoms with Crippen molar-refractivity contribution in [3.63, 3.8) is 0 Å². The van der Waals surface area contributed by atoms with Crippen molar-refractivity contribution < 1.29 is 41.4 Å². The van der Waals surface area contributed by atoms with E-state index in [0.717, 1.165) is 17.7 Å². The van der Waals surface area contributed by atoms with Crippen LogP contribution in [0, 0.1) is 11.2 Å². The Hall–Kier alpha value is -4.66. The number of likely N-dealkylation sites (N-methyl/N-ethyl adjacent to an activating group) is 1. The summed E-state index contributed by atoms with van der Waals surface area (Å²) >= 11 is 0. The largest absolute Gasteiger partial charge is 0.573 e. The van der Waals surface area contributed by atoms with Gasteiger partial charge in [0, 0.05) is 32.8 Å². The van der Waals surface area contributed by atoms with Crippen LogP contribution in [0.25, 0.3) is 0 Å². The van der Waals surface area contributed by atoms with Crippen molar-refractivity contribution >= 4 is 17.7 Å². The fourth-order valence-corrected chi connectivity index (χ4v) is 5.66. The molecule has 15 heteroatoms. The van der Waals surface area contributed by atoms with Gasteiger partial charge in [-0.05, 0) is 67.8 Å². The summed E-state index contributed by atoms with van der Waals surface area (Å²) < 4.78 is 63.4. The van der Waals surface area contributed by atoms with Crippen LogP contribution in [-0.2, 0) is 23.1 Å². The van der Waals surface area contributed by atoms with Crippen LogP contribution >= 0.6 is 0 Å². The smallest absolute Gasteiger partial charge is 0.489 e. The van der Waals surface area contributed by atoms with Crippen molar-refractivity contribution in [2.75, 3.05) is 26.7 Å². The number of nitrogens with one attached hydrogen (secondary N) is 2. The molecule has 11 nitrogen and oxygen atoms in total. The number of hydrogen-bond donors (Lipinski definition) is 2. The molecule has 1 aromatic heterocycles. The van der Waals surface area contributed by atoms with E-state index in [1.165, 1.54) is 30.6 Å². The molecule has 0 aliphatic carbocycles. The highest BCUT2D eigenvalue weighted by atomic mass is 19.4. The molecule has 272 valence electrons. The van der Waals surface area contributed by atoms with E-state index in [1.807, 2.05) is 20.8 Å². The lowest BCUT2D eigenvalue weighted by Crippen LogP contribution is -2.59. The van der Waals surface area contributed by atoms with Gasteiger partial charge in [0.2, 0.25) is 11.8 Å². The molecule has 1 fully saturated rings. The van der Waals surface area contributed by atoms with Crippen LogP contribution in [-0.4, -0.2) is 94.3 Å². The van der Waals surface area contributed by atoms with Crippen LogP contribution < -0.4 is 20.1 Å². The van der Waals surface area contributed by atoms with E-state index >= 15 is 0 Å². The Bertz CT molecular complexity index is 1610. The number of nitrogens with zero attached hydrogens (tertiary/aromatic N) is 4. The minimum absolute atomic E-state index is 0.0813. The summed E-state index contributed by atoms with van der Waals surface area (Å²) in [5.74, 6) is -1.63. The molecule has 0 radical (unpaired) electrons. The Balaban J connectivity index is 1.64. The first-order chi connectivity index (χ1) is 23.4. The summed E-state index contributed by atoms with van der Waals surface area (Å²) in [7, 11) is 3.38. The molecule has 1 aliphatic rings. The van der Waals surface area contributed by atoms with Gasteiger partial charge in [0.1, 0.15) is 35.2 Å². The van der Waals surface area contributed by atoms with Gasteiger partial charge in [-0.25, -0.2) is 9.37 Å². The lowest BCUT2D eigenvalue weighted by atomic mass is 9.85. The van der Waals surface area contributed by atoms with Gasteiger partial charge in [-0.15, -0.1) is 13.2 Å². The maximum Gasteiger partial charge on any atom is 0.573 e. The Morgan fingerprint density at radius 2 is 1.68 bits per heavy atom. The first-order valence-electron chi connectivity index (χ1n) is 16.3. The van der Waals surface area contributed by atoms with Crippen molar-refractivity contribution in [1.29, 1.82) is 0 Å². The molecular formula is C35H44F4N6O5. The van der Waals surface area contributed by atoms with E-state index in [9.17, 15) is 31.9 Å². The zero-order valence-corrected chi connectivity index (χ0v) is 29.0. The molecule has 0 saturated carbocycles. The van der Waals surface area contributed by atoms with Crippen molar-refractivity contribution in [3.05, 3.63) is 78.1 Å². The van der Waals surface area contributed by atoms with E-state index in [-0.39, 0.29) is 61.0 Å². The van der Waals surface area contributed by atoms with Gasteiger partial charge in [-0.3, -0.25) is 14.4 Å². The second-order valence-corrected chi connectivity index (χ2v) is 13.5. The molecule has 50 heavy (non-hydrogen) atoms. The summed E-state index contributed by atoms with van der Waals surface area (Å²) in [6.45, 7) is 7.58. The maximum absolute atomic E-state index is 14.4. The minimum atomic E-state index is -4.85. The van der Waals surface area contributed by atoms with Crippen molar-refractivity contribution in [2.45, 2.75) is 71.1 Å². The molecule has 1 aliphatic heterocycles. The van der Waals surface area contributed by atoms with Gasteiger partial charge in [0.05, 0.1) is 25.0 Å². The number of halogens is 4. The van der Waals surface area contributed by atoms with Crippen molar-refractivity contribution in [3.8, 4) is 11.5 Å². The molecule has 0 spiro atoms. The Kier molecular flexibility index (Phi) is 12.1. The quantitative estimate of drug-likeness (QED) is 0.255. The second-order valence-electron chi connectivity index (χ2n) is 13.5. The second kappa shape index (κ2) is 15.9. The van der Waals surface area contributed by atoms with Crippen LogP contribution in [0.5, 0.6) is 11.5 Å². The van der Waals surface area contributed by atoms with Gasteiger partial charge in [0.15, 0.2) is 0 Å². The minimum Gasteiger partial charge on any atom is -0.489 e. The van der Waals surface area contributed by atoms with Crippen molar-refractivity contribution in [2.24, 2.45) is 12.5 Å². The van der Waals surface area contributed by atoms with E-state index < -0.39 is 41.8 Å². The van der Waals surface area contributed by atoms with Crippen LogP contribution in [0.1, 0.15) is 50.2 Å². The SMILES string of the molecule is CNC(C)C(=O)NC(C(=O)N1CC(Oc2ccc(OC(F)(F)F)cc2)CC1CN(CCc1ccc(F)cc1)C(=O)c1cn(C)cn1)C(C)(C)C. The molecule has 3 amide bonds. The predicted molar refractivity (Wildman–Crippen MR) is 177 cm³/mol. The summed E-state index contributed by atoms with van der Waals surface area (Å²) in [5, 5.41) is 5.76. The van der Waals surface area contributed by atoms with Gasteiger partial charge < -0.3 is 34.5 Å². The van der Waals surface area contributed by atoms with Gasteiger partial charge >= 0.3 is 6.36 Å². The number of carbonyl (C=O) groups excluding carboxylic acids is 3. The maximum atomic E-state index is 14.4. The molecule has 4 unspecified atom stereocenters. The van der Waals surface area contributed by atoms with Gasteiger partial charge in [-0.1, -0.05) is 32.9 Å². The Morgan fingerprint density at radius 3 is 2.24 bits per heavy atom. The molecular weight excluding hydrogens is 660 g/mol. The standard InChI is InChI=1S/C35H44F4N6O5/c1-22(40-5)31(46)42-30(34(2,3)4)33(48)45-19-28(49-26-11-13-27(14-12-26)50-35(37,38)39)17-25(45)18-44(32(47)29-20-43(6)21-41-29)16-15-23-7-9-24(36)10-8-23/h7-14,20-22,25,28,30,40H,15-19H2,1-6H3,(H,42,46). The topological polar surface area (TPSA) is 118 Å². The van der Waals surface area contributed by atoms with E-state index in [2.05, 4.69) is 20.4 Å². The number of likely N-dealkylation sites (tertiary alicyclic amines) is 1. The summed E-state index contributed by atoms with van der Waals surface area (Å²) in [6, 6.07) is 8.84. The van der Waals surface area contributed by atoms with Crippen LogP contribution in [0.4, 0.5) is 17.6 Å². The lowest BCUT2D eigenvalue weighted by Gasteiger charge is -2.37. The molecule has 4 atom stereocenters. The molecule has 2 aromatic carbocycles. The van der Waals surface area contributed by atoms with Gasteiger partial charge in [-0.2, -0.15) is 0 Å². The number of carbonyl (C=O) groups is 3. The average molecular weight is 705 g/mol. The average Bonchev–Trinajstić information content (AvgIpc) is 3.66. The summed E-state index contributed by atoms with van der Waals surface area (Å²) in [5.41, 5.74) is 0.305. The van der Waals surface area contributed by atoms with E-state index in [4.69, 9.17) is 4.74 Å². The van der Waals surface area contributed by atoms with Crippen molar-refractivity contribution in [1.82, 2.24) is 30.0 Å². The number of imidazole rings is 1. The van der Waals surface area contributed by atoms with E-state index in [1.54, 1.807) is 53.7 Å². The number of alkyl halides is 3. The number of benzene rings is 2.